The summed E-state index contributed by atoms with van der Waals surface area (Å²) in [6.07, 6.45) is -1.76. The van der Waals surface area contributed by atoms with Crippen molar-refractivity contribution in [3.63, 3.8) is 0 Å². The second-order valence-electron chi connectivity index (χ2n) is 9.35. The third kappa shape index (κ3) is 10.6. The lowest BCUT2D eigenvalue weighted by Crippen LogP contribution is -2.38. The maximum Gasteiger partial charge on any atom is 0.514 e. The van der Waals surface area contributed by atoms with Crippen LogP contribution in [0.1, 0.15) is 85.6 Å². The van der Waals surface area contributed by atoms with E-state index in [0.717, 1.165) is 0 Å². The van der Waals surface area contributed by atoms with Crippen molar-refractivity contribution >= 4 is 24.2 Å². The van der Waals surface area contributed by atoms with E-state index in [9.17, 15) is 24.3 Å². The molecule has 1 aromatic carbocycles. The highest BCUT2D eigenvalue weighted by Gasteiger charge is 2.31. The third-order valence-corrected chi connectivity index (χ3v) is 6.16. The van der Waals surface area contributed by atoms with Gasteiger partial charge in [-0.1, -0.05) is 33.8 Å². The Labute approximate surface area is 223 Å². The minimum absolute atomic E-state index is 0.0721. The average molecular weight is 540 g/mol. The molecule has 0 bridgehead atoms. The topological polar surface area (TPSA) is 161 Å². The Morgan fingerprint density at radius 1 is 0.789 bits per heavy atom. The molecule has 0 aliphatic carbocycles. The van der Waals surface area contributed by atoms with Crippen LogP contribution in [0.15, 0.2) is 18.2 Å². The van der Waals surface area contributed by atoms with Gasteiger partial charge in [0.25, 0.3) is 0 Å². The average Bonchev–Trinajstić information content (AvgIpc) is 2.86. The summed E-state index contributed by atoms with van der Waals surface area (Å²) in [4.78, 5) is 48.6. The molecule has 0 aliphatic rings. The molecular formula is C27H41NO10. The van der Waals surface area contributed by atoms with Crippen LogP contribution in [-0.2, 0) is 23.8 Å². The van der Waals surface area contributed by atoms with E-state index >= 15 is 0 Å². The Morgan fingerprint density at radius 3 is 1.79 bits per heavy atom. The molecule has 0 fully saturated rings. The van der Waals surface area contributed by atoms with Gasteiger partial charge in [0.15, 0.2) is 11.5 Å². The molecule has 214 valence electrons. The van der Waals surface area contributed by atoms with Crippen LogP contribution in [0.4, 0.5) is 9.59 Å². The van der Waals surface area contributed by atoms with Crippen molar-refractivity contribution in [2.24, 2.45) is 11.7 Å². The van der Waals surface area contributed by atoms with Gasteiger partial charge in [0.2, 0.25) is 0 Å². The van der Waals surface area contributed by atoms with Crippen molar-refractivity contribution in [3.05, 3.63) is 23.8 Å². The van der Waals surface area contributed by atoms with Crippen molar-refractivity contribution < 1.29 is 48.0 Å². The predicted molar refractivity (Wildman–Crippen MR) is 138 cm³/mol. The number of carboxylic acid groups (broad SMARTS) is 1. The summed E-state index contributed by atoms with van der Waals surface area (Å²) in [7, 11) is 0. The van der Waals surface area contributed by atoms with Crippen LogP contribution in [0.3, 0.4) is 0 Å². The summed E-state index contributed by atoms with van der Waals surface area (Å²) in [6, 6.07) is 2.81. The molecule has 11 heteroatoms. The van der Waals surface area contributed by atoms with Crippen LogP contribution >= 0.6 is 0 Å². The van der Waals surface area contributed by atoms with Gasteiger partial charge in [0.05, 0.1) is 12.0 Å². The van der Waals surface area contributed by atoms with Crippen LogP contribution in [0.2, 0.25) is 0 Å². The lowest BCUT2D eigenvalue weighted by Gasteiger charge is -2.26. The Hall–Kier alpha value is -3.34. The fraction of sp³-hybridized carbons (Fsp3) is 0.630. The van der Waals surface area contributed by atoms with Crippen molar-refractivity contribution in [1.82, 2.24) is 0 Å². The fourth-order valence-electron chi connectivity index (χ4n) is 3.19. The molecule has 0 saturated carbocycles. The standard InChI is InChI=1S/C27H41NO10/c1-8-15(4)25(31)34-18(7)13-20(23(28)24(29)30)19-11-12-21(37-26(32)35-16(5)9-2)22(14-19)38-27(33)36-17(6)10-3/h11-12,14-18,20,23H,8-10,13,28H2,1-7H3,(H,29,30)/t15?,16?,17?,18?,20?,23-/m0/s1. The summed E-state index contributed by atoms with van der Waals surface area (Å²) < 4.78 is 26.4. The molecular weight excluding hydrogens is 498 g/mol. The number of esters is 1. The molecule has 0 aromatic heterocycles. The first-order valence-corrected chi connectivity index (χ1v) is 12.9. The molecule has 3 N–H and O–H groups in total. The number of hydrogen-bond acceptors (Lipinski definition) is 10. The number of benzene rings is 1. The lowest BCUT2D eigenvalue weighted by molar-refractivity contribution is -0.153. The smallest absolute Gasteiger partial charge is 0.480 e. The zero-order valence-corrected chi connectivity index (χ0v) is 23.2. The molecule has 1 rings (SSSR count). The molecule has 38 heavy (non-hydrogen) atoms. The van der Waals surface area contributed by atoms with Crippen molar-refractivity contribution in [2.45, 2.75) is 104 Å². The number of aliphatic carboxylic acids is 1. The molecule has 11 nitrogen and oxygen atoms in total. The summed E-state index contributed by atoms with van der Waals surface area (Å²) in [6.45, 7) is 12.3. The molecule has 0 saturated heterocycles. The first kappa shape index (κ1) is 32.7. The molecule has 0 amide bonds. The SMILES string of the molecule is CCC(C)OC(=O)Oc1ccc(C(CC(C)OC(=O)C(C)CC)[C@H](N)C(=O)O)cc1OC(=O)OC(C)CC. The highest BCUT2D eigenvalue weighted by atomic mass is 16.7. The Kier molecular flexibility index (Phi) is 13.6. The third-order valence-electron chi connectivity index (χ3n) is 6.16. The van der Waals surface area contributed by atoms with E-state index in [1.165, 1.54) is 18.2 Å². The van der Waals surface area contributed by atoms with Crippen molar-refractivity contribution in [3.8, 4) is 11.5 Å². The molecule has 0 spiro atoms. The minimum atomic E-state index is -1.37. The highest BCUT2D eigenvalue weighted by Crippen LogP contribution is 2.35. The zero-order chi connectivity index (χ0) is 29.0. The number of nitrogens with two attached hydrogens (primary N) is 1. The summed E-state index contributed by atoms with van der Waals surface area (Å²) in [5.74, 6) is -3.16. The summed E-state index contributed by atoms with van der Waals surface area (Å²) in [5.41, 5.74) is 6.37. The number of carbonyl (C=O) groups is 4. The van der Waals surface area contributed by atoms with Crippen LogP contribution in [0.5, 0.6) is 11.5 Å². The number of hydrogen-bond donors (Lipinski definition) is 2. The second kappa shape index (κ2) is 15.8. The monoisotopic (exact) mass is 539 g/mol. The van der Waals surface area contributed by atoms with Crippen LogP contribution in [-0.4, -0.2) is 53.7 Å². The van der Waals surface area contributed by atoms with E-state index in [-0.39, 0.29) is 23.8 Å². The van der Waals surface area contributed by atoms with E-state index in [1.54, 1.807) is 27.7 Å². The summed E-state index contributed by atoms with van der Waals surface area (Å²) >= 11 is 0. The molecule has 0 heterocycles. The fourth-order valence-corrected chi connectivity index (χ4v) is 3.19. The van der Waals surface area contributed by atoms with Gasteiger partial charge in [-0.15, -0.1) is 0 Å². The largest absolute Gasteiger partial charge is 0.514 e. The van der Waals surface area contributed by atoms with Crippen LogP contribution in [0.25, 0.3) is 0 Å². The molecule has 5 unspecified atom stereocenters. The Morgan fingerprint density at radius 2 is 1.32 bits per heavy atom. The lowest BCUT2D eigenvalue weighted by atomic mass is 9.87. The van der Waals surface area contributed by atoms with Gasteiger partial charge in [-0.3, -0.25) is 9.59 Å². The Bertz CT molecular complexity index is 950. The van der Waals surface area contributed by atoms with Gasteiger partial charge >= 0.3 is 24.2 Å². The van der Waals surface area contributed by atoms with Gasteiger partial charge in [-0.05, 0) is 64.2 Å². The maximum atomic E-state index is 12.4. The minimum Gasteiger partial charge on any atom is -0.480 e. The van der Waals surface area contributed by atoms with E-state index in [2.05, 4.69) is 0 Å². The quantitative estimate of drug-likeness (QED) is 0.182. The Balaban J connectivity index is 3.36. The zero-order valence-electron chi connectivity index (χ0n) is 23.2. The first-order chi connectivity index (χ1) is 17.8. The van der Waals surface area contributed by atoms with Gasteiger partial charge in [0.1, 0.15) is 18.2 Å². The van der Waals surface area contributed by atoms with Crippen molar-refractivity contribution in [1.29, 1.82) is 0 Å². The van der Waals surface area contributed by atoms with E-state index in [0.29, 0.717) is 24.8 Å². The predicted octanol–water partition coefficient (Wildman–Crippen LogP) is 5.18. The van der Waals surface area contributed by atoms with Gasteiger partial charge in [-0.2, -0.15) is 0 Å². The van der Waals surface area contributed by atoms with E-state index < -0.39 is 54.5 Å². The highest BCUT2D eigenvalue weighted by molar-refractivity contribution is 5.75. The normalized spacial score (nSPS) is 15.7. The summed E-state index contributed by atoms with van der Waals surface area (Å²) in [5, 5.41) is 9.63. The number of rotatable bonds is 14. The van der Waals surface area contributed by atoms with E-state index in [1.807, 2.05) is 20.8 Å². The molecule has 0 radical (unpaired) electrons. The maximum absolute atomic E-state index is 12.4. The van der Waals surface area contributed by atoms with Gasteiger partial charge in [0, 0.05) is 5.92 Å². The van der Waals surface area contributed by atoms with Crippen LogP contribution < -0.4 is 15.2 Å². The van der Waals surface area contributed by atoms with Crippen LogP contribution in [0, 0.1) is 5.92 Å². The molecule has 1 aromatic rings. The van der Waals surface area contributed by atoms with Gasteiger partial charge in [-0.25, -0.2) is 9.59 Å². The van der Waals surface area contributed by atoms with Crippen molar-refractivity contribution in [2.75, 3.05) is 0 Å². The van der Waals surface area contributed by atoms with Gasteiger partial charge < -0.3 is 34.5 Å². The first-order valence-electron chi connectivity index (χ1n) is 12.9. The number of ether oxygens (including phenoxy) is 5. The molecule has 6 atom stereocenters. The second-order valence-corrected chi connectivity index (χ2v) is 9.35. The number of carbonyl (C=O) groups excluding carboxylic acids is 3. The molecule has 0 aliphatic heterocycles. The van der Waals surface area contributed by atoms with E-state index in [4.69, 9.17) is 29.4 Å². The number of carboxylic acids is 1.